The molecule has 0 atom stereocenters. The van der Waals surface area contributed by atoms with Gasteiger partial charge in [0.25, 0.3) is 0 Å². The summed E-state index contributed by atoms with van der Waals surface area (Å²) in [6, 6.07) is 41.7. The van der Waals surface area contributed by atoms with Gasteiger partial charge in [0, 0.05) is 11.4 Å². The Hall–Kier alpha value is -4.10. The van der Waals surface area contributed by atoms with Gasteiger partial charge in [0.1, 0.15) is 0 Å². The van der Waals surface area contributed by atoms with E-state index >= 15 is 0 Å². The highest BCUT2D eigenvalue weighted by Gasteiger charge is 2.13. The van der Waals surface area contributed by atoms with Crippen LogP contribution in [0.2, 0.25) is 0 Å². The van der Waals surface area contributed by atoms with Gasteiger partial charge in [0.2, 0.25) is 0 Å². The van der Waals surface area contributed by atoms with Crippen molar-refractivity contribution in [2.75, 3.05) is 5.32 Å². The van der Waals surface area contributed by atoms with Crippen LogP contribution in [-0.4, -0.2) is 0 Å². The summed E-state index contributed by atoms with van der Waals surface area (Å²) in [4.78, 5) is 0. The molecular weight excluding hydrogens is 410 g/mol. The van der Waals surface area contributed by atoms with Crippen molar-refractivity contribution in [1.29, 1.82) is 0 Å². The van der Waals surface area contributed by atoms with Gasteiger partial charge in [-0.3, -0.25) is 0 Å². The molecule has 1 N–H and O–H groups in total. The molecule has 34 heavy (non-hydrogen) atoms. The summed E-state index contributed by atoms with van der Waals surface area (Å²) in [5, 5.41) is 3.62. The summed E-state index contributed by atoms with van der Waals surface area (Å²) >= 11 is 0. The molecule has 0 aromatic heterocycles. The van der Waals surface area contributed by atoms with Crippen molar-refractivity contribution in [2.45, 2.75) is 19.8 Å². The molecule has 1 aliphatic rings. The SMILES string of the molecule is Cc1ccc(-c2cccc(-c3cccc(Nc4cccc(-c5ccc6c(c5)CC6)c4)c3)c2)cc1. The molecule has 0 fully saturated rings. The van der Waals surface area contributed by atoms with Gasteiger partial charge in [0.15, 0.2) is 0 Å². The molecule has 1 aliphatic carbocycles. The van der Waals surface area contributed by atoms with Gasteiger partial charge in [-0.1, -0.05) is 90.5 Å². The van der Waals surface area contributed by atoms with Crippen molar-refractivity contribution in [3.8, 4) is 33.4 Å². The molecule has 0 aliphatic heterocycles. The molecule has 0 radical (unpaired) electrons. The fraction of sp³-hybridized carbons (Fsp3) is 0.0909. The maximum absolute atomic E-state index is 3.62. The maximum atomic E-state index is 3.62. The number of aryl methyl sites for hydroxylation is 3. The highest BCUT2D eigenvalue weighted by Crippen LogP contribution is 2.32. The molecule has 0 unspecified atom stereocenters. The van der Waals surface area contributed by atoms with Crippen molar-refractivity contribution in [3.63, 3.8) is 0 Å². The van der Waals surface area contributed by atoms with Gasteiger partial charge >= 0.3 is 0 Å². The molecular formula is C33H27N. The zero-order chi connectivity index (χ0) is 22.9. The number of fused-ring (bicyclic) bond motifs is 1. The lowest BCUT2D eigenvalue weighted by Crippen LogP contribution is -2.07. The van der Waals surface area contributed by atoms with E-state index in [1.807, 2.05) is 0 Å². The first-order valence-corrected chi connectivity index (χ1v) is 12.0. The topological polar surface area (TPSA) is 12.0 Å². The molecule has 0 saturated heterocycles. The van der Waals surface area contributed by atoms with Gasteiger partial charge in [0.05, 0.1) is 0 Å². The number of anilines is 2. The van der Waals surface area contributed by atoms with Crippen LogP contribution < -0.4 is 5.32 Å². The minimum Gasteiger partial charge on any atom is -0.355 e. The summed E-state index contributed by atoms with van der Waals surface area (Å²) in [6.07, 6.45) is 2.43. The average Bonchev–Trinajstić information content (AvgIpc) is 2.86. The van der Waals surface area contributed by atoms with Crippen molar-refractivity contribution in [1.82, 2.24) is 0 Å². The molecule has 0 saturated carbocycles. The second-order valence-corrected chi connectivity index (χ2v) is 9.22. The van der Waals surface area contributed by atoms with Crippen LogP contribution in [0.15, 0.2) is 115 Å². The zero-order valence-corrected chi connectivity index (χ0v) is 19.4. The third-order valence-corrected chi connectivity index (χ3v) is 6.80. The first-order chi connectivity index (χ1) is 16.7. The van der Waals surface area contributed by atoms with Gasteiger partial charge in [-0.2, -0.15) is 0 Å². The molecule has 1 heteroatoms. The molecule has 0 amide bonds. The van der Waals surface area contributed by atoms with E-state index in [-0.39, 0.29) is 0 Å². The predicted octanol–water partition coefficient (Wildman–Crippen LogP) is 8.84. The highest BCUT2D eigenvalue weighted by atomic mass is 14.9. The van der Waals surface area contributed by atoms with Crippen molar-refractivity contribution in [3.05, 3.63) is 132 Å². The van der Waals surface area contributed by atoms with Crippen LogP contribution in [0.5, 0.6) is 0 Å². The normalized spacial score (nSPS) is 12.0. The Morgan fingerprint density at radius 3 is 1.53 bits per heavy atom. The average molecular weight is 438 g/mol. The van der Waals surface area contributed by atoms with Gasteiger partial charge in [-0.05, 0) is 94.6 Å². The fourth-order valence-corrected chi connectivity index (χ4v) is 4.72. The van der Waals surface area contributed by atoms with Gasteiger partial charge < -0.3 is 5.32 Å². The Labute approximate surface area is 201 Å². The van der Waals surface area contributed by atoms with E-state index in [0.29, 0.717) is 0 Å². The van der Waals surface area contributed by atoms with Gasteiger partial charge in [-0.25, -0.2) is 0 Å². The van der Waals surface area contributed by atoms with Crippen LogP contribution in [-0.2, 0) is 12.8 Å². The number of hydrogen-bond donors (Lipinski definition) is 1. The van der Waals surface area contributed by atoms with Crippen LogP contribution in [0.25, 0.3) is 33.4 Å². The quantitative estimate of drug-likeness (QED) is 0.289. The summed E-state index contributed by atoms with van der Waals surface area (Å²) in [5.74, 6) is 0. The molecule has 0 heterocycles. The van der Waals surface area contributed by atoms with E-state index < -0.39 is 0 Å². The Morgan fingerprint density at radius 2 is 0.941 bits per heavy atom. The van der Waals surface area contributed by atoms with Crippen LogP contribution in [0.3, 0.4) is 0 Å². The Morgan fingerprint density at radius 1 is 0.441 bits per heavy atom. The summed E-state index contributed by atoms with van der Waals surface area (Å²) in [5.41, 5.74) is 13.9. The smallest absolute Gasteiger partial charge is 0.0390 e. The number of nitrogens with one attached hydrogen (secondary N) is 1. The van der Waals surface area contributed by atoms with Crippen LogP contribution in [0.4, 0.5) is 11.4 Å². The van der Waals surface area contributed by atoms with E-state index in [2.05, 4.69) is 128 Å². The third-order valence-electron chi connectivity index (χ3n) is 6.80. The van der Waals surface area contributed by atoms with Crippen molar-refractivity contribution >= 4 is 11.4 Å². The Balaban J connectivity index is 1.26. The van der Waals surface area contributed by atoms with Crippen molar-refractivity contribution < 1.29 is 0 Å². The van der Waals surface area contributed by atoms with E-state index in [0.717, 1.165) is 11.4 Å². The summed E-state index contributed by atoms with van der Waals surface area (Å²) in [6.45, 7) is 2.12. The molecule has 0 spiro atoms. The van der Waals surface area contributed by atoms with Crippen LogP contribution in [0.1, 0.15) is 16.7 Å². The van der Waals surface area contributed by atoms with Gasteiger partial charge in [-0.15, -0.1) is 0 Å². The van der Waals surface area contributed by atoms with E-state index in [1.54, 1.807) is 0 Å². The predicted molar refractivity (Wildman–Crippen MR) is 145 cm³/mol. The highest BCUT2D eigenvalue weighted by molar-refractivity contribution is 5.77. The second-order valence-electron chi connectivity index (χ2n) is 9.22. The Bertz CT molecular complexity index is 1480. The minimum absolute atomic E-state index is 1.09. The maximum Gasteiger partial charge on any atom is 0.0390 e. The fourth-order valence-electron chi connectivity index (χ4n) is 4.72. The lowest BCUT2D eigenvalue weighted by Gasteiger charge is -2.19. The first-order valence-electron chi connectivity index (χ1n) is 12.0. The molecule has 5 aromatic carbocycles. The second kappa shape index (κ2) is 8.68. The minimum atomic E-state index is 1.09. The van der Waals surface area contributed by atoms with Crippen LogP contribution >= 0.6 is 0 Å². The largest absolute Gasteiger partial charge is 0.355 e. The van der Waals surface area contributed by atoms with E-state index in [4.69, 9.17) is 0 Å². The number of rotatable bonds is 5. The van der Waals surface area contributed by atoms with E-state index in [1.165, 1.54) is 62.9 Å². The lowest BCUT2D eigenvalue weighted by atomic mass is 9.86. The first kappa shape index (κ1) is 20.5. The standard InChI is InChI=1S/C33H27N/c1-23-11-13-24(14-12-23)26-5-2-6-27(19-26)28-7-3-9-32(21-28)34-33-10-4-8-29(22-33)31-18-16-25-15-17-30(25)20-31/h2-14,16,18-22,34H,15,17H2,1H3. The van der Waals surface area contributed by atoms with E-state index in [9.17, 15) is 0 Å². The molecule has 0 bridgehead atoms. The van der Waals surface area contributed by atoms with Crippen LogP contribution in [0, 0.1) is 6.92 Å². The van der Waals surface area contributed by atoms with Crippen molar-refractivity contribution in [2.24, 2.45) is 0 Å². The number of hydrogen-bond acceptors (Lipinski definition) is 1. The lowest BCUT2D eigenvalue weighted by molar-refractivity contribution is 0.840. The summed E-state index contributed by atoms with van der Waals surface area (Å²) in [7, 11) is 0. The number of benzene rings is 5. The Kier molecular flexibility index (Phi) is 5.24. The molecule has 5 aromatic rings. The third kappa shape index (κ3) is 4.13. The summed E-state index contributed by atoms with van der Waals surface area (Å²) < 4.78 is 0. The molecule has 1 nitrogen and oxygen atoms in total. The monoisotopic (exact) mass is 437 g/mol. The molecule has 164 valence electrons. The zero-order valence-electron chi connectivity index (χ0n) is 19.4. The molecule has 6 rings (SSSR count).